The van der Waals surface area contributed by atoms with E-state index in [0.29, 0.717) is 0 Å². The smallest absolute Gasteiger partial charge is 0.147 e. The highest BCUT2D eigenvalue weighted by molar-refractivity contribution is 6.27. The lowest BCUT2D eigenvalue weighted by Gasteiger charge is -2.13. The standard InChI is InChI=1S/C37H22N4/c1-2-10-24(11-3-1)40-33-21-29-23(19-22-9-4-5-12-25(22)29)20-30(33)26-16-17-28-34(35(26)40)27-13-8-18-38-36(27)41-32-15-7-6-14-31(32)39-37(28)41/h1-18,20-21H,19H2. The van der Waals surface area contributed by atoms with Gasteiger partial charge in [-0.2, -0.15) is 0 Å². The first-order valence-electron chi connectivity index (χ1n) is 14.1. The second kappa shape index (κ2) is 7.58. The Balaban J connectivity index is 1.47. The number of rotatable bonds is 1. The molecule has 41 heavy (non-hydrogen) atoms. The molecule has 190 valence electrons. The third-order valence-electron chi connectivity index (χ3n) is 8.93. The Hall–Kier alpha value is -5.48. The van der Waals surface area contributed by atoms with Gasteiger partial charge in [0.15, 0.2) is 0 Å². The van der Waals surface area contributed by atoms with E-state index < -0.39 is 0 Å². The molecular weight excluding hydrogens is 500 g/mol. The van der Waals surface area contributed by atoms with E-state index in [0.717, 1.165) is 45.2 Å². The van der Waals surface area contributed by atoms with Gasteiger partial charge in [-0.25, -0.2) is 9.97 Å². The molecule has 0 bridgehead atoms. The quantitative estimate of drug-likeness (QED) is 0.202. The summed E-state index contributed by atoms with van der Waals surface area (Å²) >= 11 is 0. The lowest BCUT2D eigenvalue weighted by Crippen LogP contribution is -1.98. The summed E-state index contributed by atoms with van der Waals surface area (Å²) in [6.45, 7) is 0. The molecule has 0 N–H and O–H groups in total. The van der Waals surface area contributed by atoms with Crippen LogP contribution >= 0.6 is 0 Å². The van der Waals surface area contributed by atoms with Gasteiger partial charge in [-0.05, 0) is 83.3 Å². The van der Waals surface area contributed by atoms with Gasteiger partial charge in [0.25, 0.3) is 0 Å². The van der Waals surface area contributed by atoms with Crippen LogP contribution in [0.4, 0.5) is 0 Å². The summed E-state index contributed by atoms with van der Waals surface area (Å²) in [5.41, 5.74) is 13.0. The number of hydrogen-bond acceptors (Lipinski definition) is 2. The molecule has 1 aliphatic rings. The van der Waals surface area contributed by atoms with Crippen molar-refractivity contribution in [2.24, 2.45) is 0 Å². The Labute approximate surface area is 234 Å². The average Bonchev–Trinajstić information content (AvgIpc) is 3.70. The Bertz CT molecular complexity index is 2550. The maximum atomic E-state index is 5.15. The third kappa shape index (κ3) is 2.69. The molecule has 0 radical (unpaired) electrons. The second-order valence-electron chi connectivity index (χ2n) is 11.0. The highest BCUT2D eigenvalue weighted by atomic mass is 15.1. The fourth-order valence-corrected chi connectivity index (χ4v) is 7.23. The summed E-state index contributed by atoms with van der Waals surface area (Å²) in [5, 5.41) is 5.98. The molecule has 10 rings (SSSR count). The van der Waals surface area contributed by atoms with Crippen molar-refractivity contribution in [3.8, 4) is 16.8 Å². The molecule has 1 aliphatic carbocycles. The Morgan fingerprint density at radius 3 is 2.32 bits per heavy atom. The number of fused-ring (bicyclic) bond motifs is 15. The first kappa shape index (κ1) is 21.4. The molecule has 0 unspecified atom stereocenters. The van der Waals surface area contributed by atoms with Gasteiger partial charge in [-0.3, -0.25) is 4.40 Å². The third-order valence-corrected chi connectivity index (χ3v) is 8.93. The van der Waals surface area contributed by atoms with E-state index in [9.17, 15) is 0 Å². The lowest BCUT2D eigenvalue weighted by molar-refractivity contribution is 1.18. The van der Waals surface area contributed by atoms with Crippen molar-refractivity contribution < 1.29 is 0 Å². The molecule has 4 aromatic heterocycles. The van der Waals surface area contributed by atoms with E-state index in [2.05, 4.69) is 118 Å². The van der Waals surface area contributed by atoms with Crippen molar-refractivity contribution in [1.29, 1.82) is 0 Å². The maximum absolute atomic E-state index is 5.15. The van der Waals surface area contributed by atoms with Crippen molar-refractivity contribution in [2.75, 3.05) is 0 Å². The zero-order valence-corrected chi connectivity index (χ0v) is 22.0. The zero-order valence-electron chi connectivity index (χ0n) is 22.0. The molecule has 0 fully saturated rings. The van der Waals surface area contributed by atoms with Gasteiger partial charge in [0, 0.05) is 38.8 Å². The number of pyridine rings is 2. The van der Waals surface area contributed by atoms with Crippen molar-refractivity contribution >= 4 is 60.3 Å². The summed E-state index contributed by atoms with van der Waals surface area (Å²) in [5.74, 6) is 0. The van der Waals surface area contributed by atoms with E-state index in [-0.39, 0.29) is 0 Å². The summed E-state index contributed by atoms with van der Waals surface area (Å²) < 4.78 is 4.68. The van der Waals surface area contributed by atoms with Crippen LogP contribution in [0.1, 0.15) is 11.1 Å². The molecule has 4 heterocycles. The number of benzene rings is 5. The van der Waals surface area contributed by atoms with Gasteiger partial charge < -0.3 is 4.57 Å². The first-order chi connectivity index (χ1) is 20.3. The number of nitrogens with zero attached hydrogens (tertiary/aromatic N) is 4. The SMILES string of the molecule is c1ccc(-n2c3cc4c(cc3c3ccc5c(c6cccnc6n6c7ccccc7nc56)c32)Cc2ccccc2-4)cc1. The highest BCUT2D eigenvalue weighted by Crippen LogP contribution is 2.45. The van der Waals surface area contributed by atoms with Crippen molar-refractivity contribution in [3.05, 3.63) is 133 Å². The Morgan fingerprint density at radius 1 is 0.561 bits per heavy atom. The fraction of sp³-hybridized carbons (Fsp3) is 0.0270. The van der Waals surface area contributed by atoms with Crippen LogP contribution in [-0.4, -0.2) is 18.9 Å². The van der Waals surface area contributed by atoms with Crippen LogP contribution in [0.15, 0.2) is 121 Å². The van der Waals surface area contributed by atoms with Crippen molar-refractivity contribution in [3.63, 3.8) is 0 Å². The largest absolute Gasteiger partial charge is 0.309 e. The minimum absolute atomic E-state index is 0.928. The van der Waals surface area contributed by atoms with Crippen LogP contribution in [0, 0.1) is 0 Å². The highest BCUT2D eigenvalue weighted by Gasteiger charge is 2.24. The predicted molar refractivity (Wildman–Crippen MR) is 168 cm³/mol. The van der Waals surface area contributed by atoms with Gasteiger partial charge in [0.2, 0.25) is 0 Å². The van der Waals surface area contributed by atoms with Crippen LogP contribution in [0.2, 0.25) is 0 Å². The van der Waals surface area contributed by atoms with E-state index in [4.69, 9.17) is 9.97 Å². The van der Waals surface area contributed by atoms with Gasteiger partial charge in [0.1, 0.15) is 11.3 Å². The molecule has 0 saturated heterocycles. The summed E-state index contributed by atoms with van der Waals surface area (Å²) in [6, 6.07) is 41.6. The molecule has 9 aromatic rings. The molecule has 0 spiro atoms. The summed E-state index contributed by atoms with van der Waals surface area (Å²) in [6.07, 6.45) is 2.86. The van der Waals surface area contributed by atoms with E-state index in [1.165, 1.54) is 49.4 Å². The van der Waals surface area contributed by atoms with Crippen LogP contribution in [0.5, 0.6) is 0 Å². The van der Waals surface area contributed by atoms with Gasteiger partial charge >= 0.3 is 0 Å². The normalized spacial score (nSPS) is 12.8. The van der Waals surface area contributed by atoms with Crippen LogP contribution in [-0.2, 0) is 6.42 Å². The molecule has 0 saturated carbocycles. The number of aromatic nitrogens is 4. The van der Waals surface area contributed by atoms with Crippen LogP contribution in [0.3, 0.4) is 0 Å². The minimum atomic E-state index is 0.928. The molecular formula is C37H22N4. The van der Waals surface area contributed by atoms with Crippen molar-refractivity contribution in [1.82, 2.24) is 18.9 Å². The van der Waals surface area contributed by atoms with Gasteiger partial charge in [0.05, 0.1) is 22.1 Å². The minimum Gasteiger partial charge on any atom is -0.309 e. The fourth-order valence-electron chi connectivity index (χ4n) is 7.23. The number of imidazole rings is 1. The molecule has 5 aromatic carbocycles. The monoisotopic (exact) mass is 522 g/mol. The Morgan fingerprint density at radius 2 is 1.37 bits per heavy atom. The summed E-state index contributed by atoms with van der Waals surface area (Å²) in [4.78, 5) is 10.1. The first-order valence-corrected chi connectivity index (χ1v) is 14.1. The van der Waals surface area contributed by atoms with Crippen LogP contribution in [0.25, 0.3) is 77.1 Å². The number of para-hydroxylation sites is 3. The van der Waals surface area contributed by atoms with E-state index in [1.807, 2.05) is 12.3 Å². The Kier molecular flexibility index (Phi) is 3.95. The van der Waals surface area contributed by atoms with E-state index in [1.54, 1.807) is 0 Å². The number of hydrogen-bond donors (Lipinski definition) is 0. The molecule has 0 amide bonds. The van der Waals surface area contributed by atoms with E-state index >= 15 is 0 Å². The van der Waals surface area contributed by atoms with Gasteiger partial charge in [-0.1, -0.05) is 60.7 Å². The van der Waals surface area contributed by atoms with Crippen LogP contribution < -0.4 is 0 Å². The maximum Gasteiger partial charge on any atom is 0.147 e. The second-order valence-corrected chi connectivity index (χ2v) is 11.0. The molecule has 4 heteroatoms. The summed E-state index contributed by atoms with van der Waals surface area (Å²) in [7, 11) is 0. The van der Waals surface area contributed by atoms with Gasteiger partial charge in [-0.15, -0.1) is 0 Å². The zero-order chi connectivity index (χ0) is 26.7. The molecule has 0 atom stereocenters. The average molecular weight is 523 g/mol. The lowest BCUT2D eigenvalue weighted by atomic mass is 10.0. The molecule has 0 aliphatic heterocycles. The molecule has 4 nitrogen and oxygen atoms in total. The predicted octanol–water partition coefficient (Wildman–Crippen LogP) is 8.86. The van der Waals surface area contributed by atoms with Crippen molar-refractivity contribution in [2.45, 2.75) is 6.42 Å². The topological polar surface area (TPSA) is 35.1 Å².